The topological polar surface area (TPSA) is 98.4 Å². The zero-order valence-electron chi connectivity index (χ0n) is 22.0. The molecule has 1 unspecified atom stereocenters. The van der Waals surface area contributed by atoms with Crippen LogP contribution in [0.3, 0.4) is 0 Å². The van der Waals surface area contributed by atoms with Gasteiger partial charge in [-0.1, -0.05) is 48.2 Å². The zero-order valence-corrected chi connectivity index (χ0v) is 22.8. The number of halogens is 1. The van der Waals surface area contributed by atoms with Crippen molar-refractivity contribution < 1.29 is 18.4 Å². The summed E-state index contributed by atoms with van der Waals surface area (Å²) in [6.07, 6.45) is 1.48. The number of thioether (sulfide) groups is 1. The Morgan fingerprint density at radius 2 is 1.61 bits per heavy atom. The van der Waals surface area contributed by atoms with Crippen LogP contribution in [0.2, 0.25) is 0 Å². The highest BCUT2D eigenvalue weighted by Crippen LogP contribution is 2.41. The van der Waals surface area contributed by atoms with E-state index in [4.69, 9.17) is 4.42 Å². The minimum Gasteiger partial charge on any atom is -0.468 e. The van der Waals surface area contributed by atoms with E-state index in [-0.39, 0.29) is 22.8 Å². The van der Waals surface area contributed by atoms with Crippen LogP contribution in [0.15, 0.2) is 130 Å². The van der Waals surface area contributed by atoms with Crippen molar-refractivity contribution in [3.63, 3.8) is 0 Å². The number of hydrogen-bond donors (Lipinski definition) is 2. The lowest BCUT2D eigenvalue weighted by Gasteiger charge is -2.29. The van der Waals surface area contributed by atoms with Gasteiger partial charge in [0.1, 0.15) is 11.6 Å². The molecule has 5 rings (SSSR count). The Morgan fingerprint density at radius 3 is 2.17 bits per heavy atom. The molecule has 0 radical (unpaired) electrons. The molecular formula is C32H25FN4O3S. The average Bonchev–Trinajstić information content (AvgIpc) is 3.53. The van der Waals surface area contributed by atoms with Crippen LogP contribution >= 0.6 is 11.8 Å². The highest BCUT2D eigenvalue weighted by molar-refractivity contribution is 8.03. The van der Waals surface area contributed by atoms with E-state index < -0.39 is 17.6 Å². The summed E-state index contributed by atoms with van der Waals surface area (Å²) in [5, 5.41) is 16.7. The lowest BCUT2D eigenvalue weighted by atomic mass is 9.85. The van der Waals surface area contributed by atoms with Crippen molar-refractivity contribution in [2.75, 3.05) is 16.0 Å². The van der Waals surface area contributed by atoms with Gasteiger partial charge in [0, 0.05) is 22.8 Å². The first-order valence-electron chi connectivity index (χ1n) is 12.7. The number of para-hydroxylation sites is 2. The van der Waals surface area contributed by atoms with Gasteiger partial charge >= 0.3 is 0 Å². The number of amides is 2. The van der Waals surface area contributed by atoms with Gasteiger partial charge in [0.25, 0.3) is 5.91 Å². The molecular weight excluding hydrogens is 539 g/mol. The number of dihydropyridines is 1. The van der Waals surface area contributed by atoms with E-state index >= 15 is 0 Å². The Hall–Kier alpha value is -5.07. The van der Waals surface area contributed by atoms with Gasteiger partial charge in [0.15, 0.2) is 0 Å². The third-order valence-electron chi connectivity index (χ3n) is 6.44. The normalized spacial score (nSPS) is 14.7. The van der Waals surface area contributed by atoms with Crippen molar-refractivity contribution in [1.82, 2.24) is 5.32 Å². The van der Waals surface area contributed by atoms with E-state index in [1.807, 2.05) is 60.7 Å². The van der Waals surface area contributed by atoms with Crippen molar-refractivity contribution in [3.8, 4) is 6.07 Å². The summed E-state index contributed by atoms with van der Waals surface area (Å²) in [6.45, 7) is 1.73. The van der Waals surface area contributed by atoms with E-state index in [0.717, 1.165) is 11.4 Å². The number of nitriles is 1. The smallest absolute Gasteiger partial charge is 0.254 e. The lowest BCUT2D eigenvalue weighted by molar-refractivity contribution is -0.115. The second kappa shape index (κ2) is 12.4. The number of benzene rings is 3. The Morgan fingerprint density at radius 1 is 0.976 bits per heavy atom. The van der Waals surface area contributed by atoms with Gasteiger partial charge in [0.05, 0.1) is 40.2 Å². The molecule has 2 amide bonds. The second-order valence-electron chi connectivity index (χ2n) is 9.12. The van der Waals surface area contributed by atoms with E-state index in [2.05, 4.69) is 16.7 Å². The Labute approximate surface area is 241 Å². The molecule has 3 aromatic carbocycles. The summed E-state index contributed by atoms with van der Waals surface area (Å²) in [6, 6.07) is 29.7. The number of carbonyl (C=O) groups is 2. The van der Waals surface area contributed by atoms with Gasteiger partial charge in [-0.15, -0.1) is 0 Å². The zero-order chi connectivity index (χ0) is 28.8. The first-order chi connectivity index (χ1) is 20.0. The van der Waals surface area contributed by atoms with Crippen molar-refractivity contribution in [3.05, 3.63) is 137 Å². The molecule has 2 N–H and O–H groups in total. The molecule has 2 heterocycles. The maximum absolute atomic E-state index is 13.6. The van der Waals surface area contributed by atoms with Crippen molar-refractivity contribution >= 4 is 40.6 Å². The maximum Gasteiger partial charge on any atom is 0.254 e. The van der Waals surface area contributed by atoms with Gasteiger partial charge < -0.3 is 15.1 Å². The molecule has 1 aliphatic rings. The monoisotopic (exact) mass is 564 g/mol. The van der Waals surface area contributed by atoms with Crippen molar-refractivity contribution in [1.29, 1.82) is 5.26 Å². The number of rotatable bonds is 8. The van der Waals surface area contributed by atoms with Gasteiger partial charge in [-0.05, 0) is 67.6 Å². The van der Waals surface area contributed by atoms with Crippen LogP contribution in [0, 0.1) is 17.1 Å². The van der Waals surface area contributed by atoms with E-state index in [1.165, 1.54) is 42.3 Å². The van der Waals surface area contributed by atoms with Crippen LogP contribution in [-0.2, 0) is 9.59 Å². The molecule has 0 spiro atoms. The summed E-state index contributed by atoms with van der Waals surface area (Å²) in [7, 11) is 0. The molecule has 0 saturated heterocycles. The predicted octanol–water partition coefficient (Wildman–Crippen LogP) is 6.85. The van der Waals surface area contributed by atoms with Gasteiger partial charge in [-0.25, -0.2) is 4.39 Å². The summed E-state index contributed by atoms with van der Waals surface area (Å²) in [5.41, 5.74) is 2.89. The molecule has 204 valence electrons. The first kappa shape index (κ1) is 27.5. The summed E-state index contributed by atoms with van der Waals surface area (Å²) >= 11 is 1.19. The quantitative estimate of drug-likeness (QED) is 0.243. The van der Waals surface area contributed by atoms with Gasteiger partial charge in [-0.2, -0.15) is 5.26 Å². The molecule has 0 bridgehead atoms. The van der Waals surface area contributed by atoms with Crippen LogP contribution in [0.5, 0.6) is 0 Å². The molecule has 0 saturated carbocycles. The fourth-order valence-electron chi connectivity index (χ4n) is 4.59. The predicted molar refractivity (Wildman–Crippen MR) is 157 cm³/mol. The number of anilines is 3. The van der Waals surface area contributed by atoms with Crippen LogP contribution < -0.4 is 15.5 Å². The largest absolute Gasteiger partial charge is 0.468 e. The molecule has 0 fully saturated rings. The molecule has 4 aromatic rings. The van der Waals surface area contributed by atoms with Crippen LogP contribution in [0.4, 0.5) is 21.5 Å². The molecule has 1 atom stereocenters. The minimum absolute atomic E-state index is 0.0204. The summed E-state index contributed by atoms with van der Waals surface area (Å²) < 4.78 is 19.1. The molecule has 9 heteroatoms. The third-order valence-corrected chi connectivity index (χ3v) is 7.44. The van der Waals surface area contributed by atoms with E-state index in [1.54, 1.807) is 24.0 Å². The van der Waals surface area contributed by atoms with Crippen molar-refractivity contribution in [2.45, 2.75) is 12.8 Å². The van der Waals surface area contributed by atoms with Crippen LogP contribution in [-0.4, -0.2) is 17.6 Å². The molecule has 0 aliphatic carbocycles. The molecule has 1 aromatic heterocycles. The first-order valence-corrected chi connectivity index (χ1v) is 13.7. The number of furan rings is 1. The van der Waals surface area contributed by atoms with Gasteiger partial charge in [-0.3, -0.25) is 14.5 Å². The van der Waals surface area contributed by atoms with E-state index in [0.29, 0.717) is 22.2 Å². The highest BCUT2D eigenvalue weighted by atomic mass is 32.2. The number of carbonyl (C=O) groups excluding carboxylic acids is 2. The number of allylic oxidation sites excluding steroid dienone is 2. The maximum atomic E-state index is 13.6. The average molecular weight is 565 g/mol. The number of nitrogens with one attached hydrogen (secondary N) is 2. The van der Waals surface area contributed by atoms with E-state index in [9.17, 15) is 19.2 Å². The van der Waals surface area contributed by atoms with Crippen molar-refractivity contribution in [2.24, 2.45) is 0 Å². The Balaban J connectivity index is 1.44. The van der Waals surface area contributed by atoms with Gasteiger partial charge in [0.2, 0.25) is 5.91 Å². The highest BCUT2D eigenvalue weighted by Gasteiger charge is 2.36. The Kier molecular flexibility index (Phi) is 8.32. The SMILES string of the molecule is CC1=C(C(=O)Nc2ccc(F)cc2)C(c2ccco2)C(C#N)=C(SCC(=O)N(c2ccccc2)c2ccccc2)N1. The minimum atomic E-state index is -0.811. The standard InChI is InChI=1S/C32H25FN4O3S/c1-21-29(31(39)36-23-16-14-22(33)15-17-23)30(27-13-8-18-40-27)26(19-34)32(35-21)41-20-28(38)37(24-9-4-2-5-10-24)25-11-6-3-7-12-25/h2-18,30,35H,20H2,1H3,(H,36,39). The van der Waals surface area contributed by atoms with Crippen LogP contribution in [0.25, 0.3) is 0 Å². The second-order valence-corrected chi connectivity index (χ2v) is 10.1. The molecule has 1 aliphatic heterocycles. The molecule has 41 heavy (non-hydrogen) atoms. The summed E-state index contributed by atoms with van der Waals surface area (Å²) in [4.78, 5) is 28.7. The summed E-state index contributed by atoms with van der Waals surface area (Å²) in [5.74, 6) is -1.45. The third kappa shape index (κ3) is 6.08. The Bertz CT molecular complexity index is 1610. The number of nitrogens with zero attached hydrogens (tertiary/aromatic N) is 2. The fourth-order valence-corrected chi connectivity index (χ4v) is 5.53. The van der Waals surface area contributed by atoms with Crippen LogP contribution in [0.1, 0.15) is 18.6 Å². The lowest BCUT2D eigenvalue weighted by Crippen LogP contribution is -2.32. The molecule has 7 nitrogen and oxygen atoms in total. The fraction of sp³-hybridized carbons (Fsp3) is 0.0938. The number of hydrogen-bond acceptors (Lipinski definition) is 6.